The topological polar surface area (TPSA) is 17.1 Å². The molecule has 0 aliphatic carbocycles. The molecule has 0 saturated heterocycles. The first kappa shape index (κ1) is 15.2. The summed E-state index contributed by atoms with van der Waals surface area (Å²) in [4.78, 5) is 0.928. The summed E-state index contributed by atoms with van der Waals surface area (Å²) in [6.45, 7) is 12.4. The highest BCUT2D eigenvalue weighted by Gasteiger charge is 2.23. The molecular formula is C16H24OS. The first-order chi connectivity index (χ1) is 8.33. The van der Waals surface area contributed by atoms with Gasteiger partial charge in [0, 0.05) is 10.1 Å². The average Bonchev–Trinajstić information content (AvgIpc) is 2.27. The molecule has 0 spiro atoms. The average molecular weight is 264 g/mol. The van der Waals surface area contributed by atoms with E-state index in [9.17, 15) is 4.21 Å². The summed E-state index contributed by atoms with van der Waals surface area (Å²) in [6, 6.07) is 8.00. The van der Waals surface area contributed by atoms with Crippen molar-refractivity contribution in [1.29, 1.82) is 0 Å². The van der Waals surface area contributed by atoms with E-state index in [2.05, 4.69) is 27.4 Å². The Balaban J connectivity index is 2.88. The zero-order chi connectivity index (χ0) is 13.8. The third-order valence-corrected chi connectivity index (χ3v) is 4.53. The fourth-order valence-electron chi connectivity index (χ4n) is 1.98. The minimum atomic E-state index is -0.947. The molecular weight excluding hydrogens is 240 g/mol. The third-order valence-electron chi connectivity index (χ3n) is 2.83. The molecule has 0 aromatic heterocycles. The summed E-state index contributed by atoms with van der Waals surface area (Å²) in [5, 5.41) is 0.158. The van der Waals surface area contributed by atoms with Gasteiger partial charge in [-0.2, -0.15) is 0 Å². The van der Waals surface area contributed by atoms with E-state index < -0.39 is 10.8 Å². The van der Waals surface area contributed by atoms with Gasteiger partial charge in [-0.15, -0.1) is 6.58 Å². The summed E-state index contributed by atoms with van der Waals surface area (Å²) in [5.41, 5.74) is 1.39. The lowest BCUT2D eigenvalue weighted by atomic mass is 9.89. The molecule has 1 aromatic rings. The Hall–Kier alpha value is -0.890. The van der Waals surface area contributed by atoms with E-state index in [1.54, 1.807) is 0 Å². The van der Waals surface area contributed by atoms with Gasteiger partial charge in [0.15, 0.2) is 0 Å². The summed E-state index contributed by atoms with van der Waals surface area (Å²) < 4.78 is 12.6. The molecule has 1 rings (SSSR count). The van der Waals surface area contributed by atoms with Crippen LogP contribution in [0, 0.1) is 12.3 Å². The van der Waals surface area contributed by atoms with Crippen LogP contribution >= 0.6 is 0 Å². The molecule has 1 aromatic carbocycles. The summed E-state index contributed by atoms with van der Waals surface area (Å²) >= 11 is 0. The van der Waals surface area contributed by atoms with Gasteiger partial charge in [-0.05, 0) is 37.3 Å². The molecule has 0 fully saturated rings. The Morgan fingerprint density at radius 3 is 2.28 bits per heavy atom. The van der Waals surface area contributed by atoms with Crippen LogP contribution in [0.15, 0.2) is 41.8 Å². The Labute approximate surface area is 114 Å². The van der Waals surface area contributed by atoms with Crippen molar-refractivity contribution >= 4 is 10.8 Å². The van der Waals surface area contributed by atoms with E-state index in [0.717, 1.165) is 17.7 Å². The summed E-state index contributed by atoms with van der Waals surface area (Å²) in [6.07, 6.45) is 3.62. The highest BCUT2D eigenvalue weighted by molar-refractivity contribution is 7.85. The van der Waals surface area contributed by atoms with Crippen molar-refractivity contribution in [3.05, 3.63) is 42.5 Å². The van der Waals surface area contributed by atoms with Crippen LogP contribution in [0.4, 0.5) is 0 Å². The highest BCUT2D eigenvalue weighted by atomic mass is 32.2. The van der Waals surface area contributed by atoms with E-state index in [4.69, 9.17) is 0 Å². The number of benzene rings is 1. The van der Waals surface area contributed by atoms with Crippen LogP contribution < -0.4 is 0 Å². The van der Waals surface area contributed by atoms with Crippen molar-refractivity contribution in [2.24, 2.45) is 5.41 Å². The van der Waals surface area contributed by atoms with Crippen molar-refractivity contribution < 1.29 is 4.21 Å². The van der Waals surface area contributed by atoms with Crippen molar-refractivity contribution in [3.63, 3.8) is 0 Å². The van der Waals surface area contributed by atoms with E-state index in [0.29, 0.717) is 0 Å². The molecule has 2 heteroatoms. The fourth-order valence-corrected chi connectivity index (χ4v) is 3.73. The summed E-state index contributed by atoms with van der Waals surface area (Å²) in [7, 11) is -0.947. The predicted octanol–water partition coefficient (Wildman–Crippen LogP) is 4.48. The van der Waals surface area contributed by atoms with Gasteiger partial charge in [0.25, 0.3) is 0 Å². The van der Waals surface area contributed by atoms with Gasteiger partial charge in [0.2, 0.25) is 0 Å². The minimum Gasteiger partial charge on any atom is -0.254 e. The largest absolute Gasteiger partial charge is 0.254 e. The fraction of sp³-hybridized carbons (Fsp3) is 0.500. The van der Waals surface area contributed by atoms with Crippen LogP contribution in [0.3, 0.4) is 0 Å². The normalized spacial score (nSPS) is 15.1. The molecule has 0 aliphatic heterocycles. The zero-order valence-corrected chi connectivity index (χ0v) is 12.7. The van der Waals surface area contributed by atoms with Gasteiger partial charge in [-0.3, -0.25) is 4.21 Å². The van der Waals surface area contributed by atoms with Crippen molar-refractivity contribution in [2.45, 2.75) is 50.7 Å². The Bertz CT molecular complexity index is 412. The van der Waals surface area contributed by atoms with Gasteiger partial charge < -0.3 is 0 Å². The molecule has 0 bridgehead atoms. The second-order valence-corrected chi connectivity index (χ2v) is 7.75. The van der Waals surface area contributed by atoms with E-state index in [-0.39, 0.29) is 10.7 Å². The monoisotopic (exact) mass is 264 g/mol. The van der Waals surface area contributed by atoms with E-state index in [1.807, 2.05) is 37.3 Å². The van der Waals surface area contributed by atoms with Crippen molar-refractivity contribution in [2.75, 3.05) is 0 Å². The van der Waals surface area contributed by atoms with Crippen molar-refractivity contribution in [1.82, 2.24) is 0 Å². The molecule has 0 N–H and O–H groups in total. The first-order valence-electron chi connectivity index (χ1n) is 6.41. The van der Waals surface area contributed by atoms with E-state index >= 15 is 0 Å². The Kier molecular flexibility index (Phi) is 5.33. The quantitative estimate of drug-likeness (QED) is 0.716. The number of allylic oxidation sites excluding steroid dienone is 1. The number of hydrogen-bond donors (Lipinski definition) is 0. The minimum absolute atomic E-state index is 0.158. The molecule has 0 radical (unpaired) electrons. The van der Waals surface area contributed by atoms with Crippen LogP contribution in [-0.2, 0) is 10.8 Å². The second kappa shape index (κ2) is 6.33. The van der Waals surface area contributed by atoms with Crippen molar-refractivity contribution in [3.8, 4) is 0 Å². The highest BCUT2D eigenvalue weighted by Crippen LogP contribution is 2.28. The molecule has 100 valence electrons. The molecule has 0 aliphatic rings. The lowest BCUT2D eigenvalue weighted by Crippen LogP contribution is -2.22. The van der Waals surface area contributed by atoms with Crippen LogP contribution in [0.5, 0.6) is 0 Å². The molecule has 18 heavy (non-hydrogen) atoms. The standard InChI is InChI=1S/C16H24OS/c1-6-7-15(12-16(3,4)5)18(17)14-10-8-13(2)9-11-14/h6,8-11,15H,1,7,12H2,2-5H3/t15-,18-/m0/s1. The van der Waals surface area contributed by atoms with Gasteiger partial charge in [-0.1, -0.05) is 44.5 Å². The predicted molar refractivity (Wildman–Crippen MR) is 80.3 cm³/mol. The molecule has 0 heterocycles. The molecule has 0 amide bonds. The van der Waals surface area contributed by atoms with Gasteiger partial charge in [-0.25, -0.2) is 0 Å². The molecule has 1 nitrogen and oxygen atoms in total. The number of rotatable bonds is 5. The van der Waals surface area contributed by atoms with Crippen LogP contribution in [0.25, 0.3) is 0 Å². The first-order valence-corrected chi connectivity index (χ1v) is 7.63. The second-order valence-electron chi connectivity index (χ2n) is 6.02. The van der Waals surface area contributed by atoms with Crippen LogP contribution in [-0.4, -0.2) is 9.46 Å². The van der Waals surface area contributed by atoms with E-state index in [1.165, 1.54) is 5.56 Å². The van der Waals surface area contributed by atoms with Crippen LogP contribution in [0.2, 0.25) is 0 Å². The number of hydrogen-bond acceptors (Lipinski definition) is 1. The maximum atomic E-state index is 12.6. The van der Waals surface area contributed by atoms with Gasteiger partial charge in [0.05, 0.1) is 10.8 Å². The van der Waals surface area contributed by atoms with Gasteiger partial charge >= 0.3 is 0 Å². The molecule has 0 unspecified atom stereocenters. The maximum Gasteiger partial charge on any atom is 0.0564 e. The van der Waals surface area contributed by atoms with Crippen LogP contribution in [0.1, 0.15) is 39.2 Å². The third kappa shape index (κ3) is 4.77. The zero-order valence-electron chi connectivity index (χ0n) is 11.9. The summed E-state index contributed by atoms with van der Waals surface area (Å²) in [5.74, 6) is 0. The lowest BCUT2D eigenvalue weighted by Gasteiger charge is -2.24. The molecule has 2 atom stereocenters. The Morgan fingerprint density at radius 2 is 1.83 bits per heavy atom. The SMILES string of the molecule is C=CC[C@@H](CC(C)(C)C)[S@@](=O)c1ccc(C)cc1. The maximum absolute atomic E-state index is 12.6. The lowest BCUT2D eigenvalue weighted by molar-refractivity contribution is 0.369. The molecule has 0 saturated carbocycles. The smallest absolute Gasteiger partial charge is 0.0564 e. The number of aryl methyl sites for hydroxylation is 1. The van der Waals surface area contributed by atoms with Gasteiger partial charge in [0.1, 0.15) is 0 Å². The Morgan fingerprint density at radius 1 is 1.28 bits per heavy atom.